The Balaban J connectivity index is 2.38. The molecular weight excluding hydrogens is 254 g/mol. The first-order chi connectivity index (χ1) is 9.40. The molecule has 0 fully saturated rings. The fourth-order valence-corrected chi connectivity index (χ4v) is 1.87. The van der Waals surface area contributed by atoms with Gasteiger partial charge in [-0.25, -0.2) is 0 Å². The van der Waals surface area contributed by atoms with Crippen LogP contribution in [-0.4, -0.2) is 17.1 Å². The van der Waals surface area contributed by atoms with Crippen LogP contribution in [0.3, 0.4) is 0 Å². The standard InChI is InChI=1S/C15H19N3O2/c1-15(2,3)10-7-5-6-8-11(10)20-13-9-12(19-4)17-14(16)18-13/h5-9H,1-4H3,(H2,16,17,18). The third kappa shape index (κ3) is 3.17. The predicted molar refractivity (Wildman–Crippen MR) is 78.2 cm³/mol. The van der Waals surface area contributed by atoms with Gasteiger partial charge in [0.2, 0.25) is 17.7 Å². The van der Waals surface area contributed by atoms with Crippen molar-refractivity contribution >= 4 is 5.95 Å². The van der Waals surface area contributed by atoms with Gasteiger partial charge in [-0.1, -0.05) is 39.0 Å². The van der Waals surface area contributed by atoms with Crippen molar-refractivity contribution in [2.24, 2.45) is 0 Å². The van der Waals surface area contributed by atoms with Crippen molar-refractivity contribution in [3.63, 3.8) is 0 Å². The highest BCUT2D eigenvalue weighted by atomic mass is 16.5. The Morgan fingerprint density at radius 1 is 1.05 bits per heavy atom. The summed E-state index contributed by atoms with van der Waals surface area (Å²) in [4.78, 5) is 7.99. The van der Waals surface area contributed by atoms with Crippen molar-refractivity contribution in [2.75, 3.05) is 12.8 Å². The lowest BCUT2D eigenvalue weighted by atomic mass is 9.86. The summed E-state index contributed by atoms with van der Waals surface area (Å²) in [5.74, 6) is 1.61. The average Bonchev–Trinajstić information content (AvgIpc) is 2.37. The Morgan fingerprint density at radius 2 is 1.70 bits per heavy atom. The van der Waals surface area contributed by atoms with Gasteiger partial charge in [0.05, 0.1) is 13.2 Å². The second-order valence-corrected chi connectivity index (χ2v) is 5.45. The zero-order chi connectivity index (χ0) is 14.8. The van der Waals surface area contributed by atoms with Crippen LogP contribution in [-0.2, 0) is 5.41 Å². The molecule has 0 aliphatic heterocycles. The van der Waals surface area contributed by atoms with E-state index >= 15 is 0 Å². The number of methoxy groups -OCH3 is 1. The molecule has 0 unspecified atom stereocenters. The molecule has 0 spiro atoms. The van der Waals surface area contributed by atoms with Gasteiger partial charge in [0.1, 0.15) is 5.75 Å². The highest BCUT2D eigenvalue weighted by molar-refractivity contribution is 5.41. The number of para-hydroxylation sites is 1. The van der Waals surface area contributed by atoms with E-state index in [1.807, 2.05) is 24.3 Å². The molecule has 2 N–H and O–H groups in total. The lowest BCUT2D eigenvalue weighted by Crippen LogP contribution is -2.12. The Bertz CT molecular complexity index is 606. The third-order valence-electron chi connectivity index (χ3n) is 2.82. The van der Waals surface area contributed by atoms with E-state index in [1.54, 1.807) is 6.07 Å². The molecule has 0 amide bonds. The number of hydrogen-bond donors (Lipinski definition) is 1. The van der Waals surface area contributed by atoms with Crippen LogP contribution in [0.4, 0.5) is 5.95 Å². The maximum atomic E-state index is 5.85. The first-order valence-corrected chi connectivity index (χ1v) is 6.36. The molecule has 106 valence electrons. The fourth-order valence-electron chi connectivity index (χ4n) is 1.87. The number of nitrogens with zero attached hydrogens (tertiary/aromatic N) is 2. The molecular formula is C15H19N3O2. The molecule has 20 heavy (non-hydrogen) atoms. The second-order valence-electron chi connectivity index (χ2n) is 5.45. The van der Waals surface area contributed by atoms with Gasteiger partial charge >= 0.3 is 0 Å². The summed E-state index contributed by atoms with van der Waals surface area (Å²) in [5, 5.41) is 0. The third-order valence-corrected chi connectivity index (χ3v) is 2.82. The number of ether oxygens (including phenoxy) is 2. The van der Waals surface area contributed by atoms with Gasteiger partial charge in [-0.15, -0.1) is 0 Å². The van der Waals surface area contributed by atoms with Crippen LogP contribution in [0.15, 0.2) is 30.3 Å². The summed E-state index contributed by atoms with van der Waals surface area (Å²) in [6.45, 7) is 6.39. The molecule has 1 aromatic heterocycles. The van der Waals surface area contributed by atoms with Crippen molar-refractivity contribution in [1.29, 1.82) is 0 Å². The largest absolute Gasteiger partial charge is 0.481 e. The summed E-state index contributed by atoms with van der Waals surface area (Å²) in [6, 6.07) is 9.47. The predicted octanol–water partition coefficient (Wildman–Crippen LogP) is 3.16. The molecule has 0 aliphatic rings. The minimum atomic E-state index is -0.0285. The minimum Gasteiger partial charge on any atom is -0.481 e. The van der Waals surface area contributed by atoms with Crippen LogP contribution in [0.5, 0.6) is 17.5 Å². The fraction of sp³-hybridized carbons (Fsp3) is 0.333. The molecule has 1 heterocycles. The van der Waals surface area contributed by atoms with Crippen LogP contribution in [0.2, 0.25) is 0 Å². The summed E-state index contributed by atoms with van der Waals surface area (Å²) in [6.07, 6.45) is 0. The van der Waals surface area contributed by atoms with Gasteiger partial charge in [0.15, 0.2) is 0 Å². The normalized spacial score (nSPS) is 11.2. The number of hydrogen-bond acceptors (Lipinski definition) is 5. The summed E-state index contributed by atoms with van der Waals surface area (Å²) < 4.78 is 10.9. The number of rotatable bonds is 3. The van der Waals surface area contributed by atoms with Crippen LogP contribution >= 0.6 is 0 Å². The number of nitrogen functional groups attached to an aromatic ring is 1. The molecule has 5 heteroatoms. The molecule has 0 bridgehead atoms. The Hall–Kier alpha value is -2.30. The first kappa shape index (κ1) is 14.1. The van der Waals surface area contributed by atoms with Crippen molar-refractivity contribution in [2.45, 2.75) is 26.2 Å². The van der Waals surface area contributed by atoms with Gasteiger partial charge < -0.3 is 15.2 Å². The zero-order valence-corrected chi connectivity index (χ0v) is 12.2. The van der Waals surface area contributed by atoms with E-state index in [0.29, 0.717) is 11.8 Å². The van der Waals surface area contributed by atoms with Crippen LogP contribution in [0.25, 0.3) is 0 Å². The molecule has 0 aliphatic carbocycles. The molecule has 1 aromatic carbocycles. The van der Waals surface area contributed by atoms with Gasteiger partial charge in [0, 0.05) is 5.56 Å². The van der Waals surface area contributed by atoms with Crippen molar-refractivity contribution in [3.05, 3.63) is 35.9 Å². The van der Waals surface area contributed by atoms with Crippen LogP contribution in [0.1, 0.15) is 26.3 Å². The number of benzene rings is 1. The first-order valence-electron chi connectivity index (χ1n) is 6.36. The molecule has 2 aromatic rings. The lowest BCUT2D eigenvalue weighted by Gasteiger charge is -2.22. The quantitative estimate of drug-likeness (QED) is 0.930. The molecule has 0 radical (unpaired) electrons. The van der Waals surface area contributed by atoms with Crippen LogP contribution < -0.4 is 15.2 Å². The lowest BCUT2D eigenvalue weighted by molar-refractivity contribution is 0.387. The molecule has 5 nitrogen and oxygen atoms in total. The minimum absolute atomic E-state index is 0.0285. The van der Waals surface area contributed by atoms with E-state index in [4.69, 9.17) is 15.2 Å². The van der Waals surface area contributed by atoms with Gasteiger partial charge in [-0.3, -0.25) is 0 Å². The smallest absolute Gasteiger partial charge is 0.227 e. The van der Waals surface area contributed by atoms with E-state index in [0.717, 1.165) is 11.3 Å². The highest BCUT2D eigenvalue weighted by Crippen LogP contribution is 2.34. The van der Waals surface area contributed by atoms with E-state index < -0.39 is 0 Å². The molecule has 0 saturated heterocycles. The summed E-state index contributed by atoms with van der Waals surface area (Å²) in [5.41, 5.74) is 6.70. The summed E-state index contributed by atoms with van der Waals surface area (Å²) in [7, 11) is 1.52. The molecule has 0 atom stereocenters. The maximum absolute atomic E-state index is 5.85. The Labute approximate surface area is 118 Å². The number of nitrogens with two attached hydrogens (primary N) is 1. The second kappa shape index (κ2) is 5.36. The summed E-state index contributed by atoms with van der Waals surface area (Å²) >= 11 is 0. The van der Waals surface area contributed by atoms with Crippen molar-refractivity contribution in [3.8, 4) is 17.5 Å². The average molecular weight is 273 g/mol. The number of anilines is 1. The Morgan fingerprint density at radius 3 is 2.35 bits per heavy atom. The highest BCUT2D eigenvalue weighted by Gasteiger charge is 2.19. The molecule has 0 saturated carbocycles. The number of aromatic nitrogens is 2. The zero-order valence-electron chi connectivity index (χ0n) is 12.2. The molecule has 2 rings (SSSR count). The maximum Gasteiger partial charge on any atom is 0.227 e. The van der Waals surface area contributed by atoms with E-state index in [1.165, 1.54) is 7.11 Å². The van der Waals surface area contributed by atoms with Gasteiger partial charge in [0.25, 0.3) is 0 Å². The van der Waals surface area contributed by atoms with Crippen molar-refractivity contribution < 1.29 is 9.47 Å². The van der Waals surface area contributed by atoms with Gasteiger partial charge in [-0.05, 0) is 11.5 Å². The van der Waals surface area contributed by atoms with E-state index in [2.05, 4.69) is 30.7 Å². The topological polar surface area (TPSA) is 70.3 Å². The van der Waals surface area contributed by atoms with Crippen molar-refractivity contribution in [1.82, 2.24) is 9.97 Å². The Kier molecular flexibility index (Phi) is 3.79. The van der Waals surface area contributed by atoms with Gasteiger partial charge in [-0.2, -0.15) is 9.97 Å². The SMILES string of the molecule is COc1cc(Oc2ccccc2C(C)(C)C)nc(N)n1. The van der Waals surface area contributed by atoms with E-state index in [9.17, 15) is 0 Å². The van der Waals surface area contributed by atoms with Crippen LogP contribution in [0, 0.1) is 0 Å². The van der Waals surface area contributed by atoms with E-state index in [-0.39, 0.29) is 11.4 Å². The monoisotopic (exact) mass is 273 g/mol.